The maximum atomic E-state index is 10.7. The highest BCUT2D eigenvalue weighted by Gasteiger charge is 1.95. The molecule has 3 heteroatoms. The highest BCUT2D eigenvalue weighted by Crippen LogP contribution is 2.03. The van der Waals surface area contributed by atoms with Crippen molar-refractivity contribution >= 4 is 5.91 Å². The second-order valence-electron chi connectivity index (χ2n) is 3.39. The number of carbonyl (C=O) groups is 1. The summed E-state index contributed by atoms with van der Waals surface area (Å²) in [4.78, 5) is 10.7. The van der Waals surface area contributed by atoms with Crippen molar-refractivity contribution in [1.82, 2.24) is 5.32 Å². The zero-order valence-corrected chi connectivity index (χ0v) is 9.29. The minimum Gasteiger partial charge on any atom is -0.395 e. The van der Waals surface area contributed by atoms with Crippen LogP contribution in [0.1, 0.15) is 24.5 Å². The summed E-state index contributed by atoms with van der Waals surface area (Å²) in [5.41, 5.74) is 1.92. The second-order valence-corrected chi connectivity index (χ2v) is 3.39. The van der Waals surface area contributed by atoms with Gasteiger partial charge in [0.05, 0.1) is 6.61 Å². The maximum absolute atomic E-state index is 10.7. The van der Waals surface area contributed by atoms with Crippen LogP contribution in [0, 0.1) is 11.8 Å². The first-order valence-corrected chi connectivity index (χ1v) is 5.15. The van der Waals surface area contributed by atoms with Gasteiger partial charge in [0.2, 0.25) is 5.91 Å². The summed E-state index contributed by atoms with van der Waals surface area (Å²) in [6, 6.07) is 7.68. The van der Waals surface area contributed by atoms with Crippen LogP contribution in [0.2, 0.25) is 0 Å². The SMILES string of the molecule is CC(=O)NCc1cccc(C#CCCO)c1. The Hall–Kier alpha value is -1.79. The Labute approximate surface area is 95.5 Å². The van der Waals surface area contributed by atoms with Crippen LogP contribution in [0.3, 0.4) is 0 Å². The minimum absolute atomic E-state index is 0.0447. The van der Waals surface area contributed by atoms with Crippen molar-refractivity contribution in [1.29, 1.82) is 0 Å². The summed E-state index contributed by atoms with van der Waals surface area (Å²) >= 11 is 0. The molecule has 0 saturated heterocycles. The molecule has 2 N–H and O–H groups in total. The third-order valence-electron chi connectivity index (χ3n) is 1.94. The Bertz CT molecular complexity index is 415. The monoisotopic (exact) mass is 217 g/mol. The summed E-state index contributed by atoms with van der Waals surface area (Å²) in [6.45, 7) is 2.09. The lowest BCUT2D eigenvalue weighted by atomic mass is 10.1. The van der Waals surface area contributed by atoms with Crippen molar-refractivity contribution in [2.24, 2.45) is 0 Å². The average Bonchev–Trinajstić information content (AvgIpc) is 2.27. The third kappa shape index (κ3) is 4.63. The molecule has 0 fully saturated rings. The summed E-state index contributed by atoms with van der Waals surface area (Å²) in [6.07, 6.45) is 0.482. The Morgan fingerprint density at radius 2 is 2.31 bits per heavy atom. The molecule has 1 aromatic rings. The van der Waals surface area contributed by atoms with Gasteiger partial charge in [-0.15, -0.1) is 0 Å². The van der Waals surface area contributed by atoms with Gasteiger partial charge in [0.1, 0.15) is 0 Å². The molecule has 16 heavy (non-hydrogen) atoms. The number of hydrogen-bond donors (Lipinski definition) is 2. The highest BCUT2D eigenvalue weighted by atomic mass is 16.2. The molecule has 0 atom stereocenters. The molecule has 0 aromatic heterocycles. The molecule has 0 heterocycles. The molecule has 0 unspecified atom stereocenters. The van der Waals surface area contributed by atoms with Crippen molar-refractivity contribution in [2.45, 2.75) is 19.9 Å². The van der Waals surface area contributed by atoms with Crippen LogP contribution in [-0.4, -0.2) is 17.6 Å². The Morgan fingerprint density at radius 3 is 3.00 bits per heavy atom. The van der Waals surface area contributed by atoms with Gasteiger partial charge in [-0.25, -0.2) is 0 Å². The fourth-order valence-corrected chi connectivity index (χ4v) is 1.21. The van der Waals surface area contributed by atoms with Crippen LogP contribution in [0.5, 0.6) is 0 Å². The van der Waals surface area contributed by atoms with Gasteiger partial charge in [-0.05, 0) is 17.7 Å². The molecule has 1 rings (SSSR count). The lowest BCUT2D eigenvalue weighted by Gasteiger charge is -2.02. The van der Waals surface area contributed by atoms with Gasteiger partial charge in [-0.1, -0.05) is 24.0 Å². The topological polar surface area (TPSA) is 49.3 Å². The van der Waals surface area contributed by atoms with E-state index in [4.69, 9.17) is 5.11 Å². The van der Waals surface area contributed by atoms with Gasteiger partial charge in [-0.2, -0.15) is 0 Å². The predicted octanol–water partition coefficient (Wildman–Crippen LogP) is 1.06. The van der Waals surface area contributed by atoms with Gasteiger partial charge in [0, 0.05) is 25.5 Å². The molecule has 0 aliphatic rings. The summed E-state index contributed by atoms with van der Waals surface area (Å²) < 4.78 is 0. The first-order valence-electron chi connectivity index (χ1n) is 5.15. The molecule has 0 aliphatic heterocycles. The van der Waals surface area contributed by atoms with E-state index in [1.165, 1.54) is 6.92 Å². The van der Waals surface area contributed by atoms with E-state index in [9.17, 15) is 4.79 Å². The largest absolute Gasteiger partial charge is 0.395 e. The predicted molar refractivity (Wildman–Crippen MR) is 62.5 cm³/mol. The number of hydrogen-bond acceptors (Lipinski definition) is 2. The van der Waals surface area contributed by atoms with Gasteiger partial charge < -0.3 is 10.4 Å². The quantitative estimate of drug-likeness (QED) is 0.744. The van der Waals surface area contributed by atoms with Gasteiger partial charge in [0.15, 0.2) is 0 Å². The zero-order valence-electron chi connectivity index (χ0n) is 9.29. The Balaban J connectivity index is 2.64. The van der Waals surface area contributed by atoms with E-state index >= 15 is 0 Å². The summed E-state index contributed by atoms with van der Waals surface area (Å²) in [5.74, 6) is 5.76. The smallest absolute Gasteiger partial charge is 0.217 e. The summed E-state index contributed by atoms with van der Waals surface area (Å²) in [7, 11) is 0. The van der Waals surface area contributed by atoms with E-state index in [-0.39, 0.29) is 12.5 Å². The van der Waals surface area contributed by atoms with Crippen LogP contribution in [0.25, 0.3) is 0 Å². The van der Waals surface area contributed by atoms with E-state index < -0.39 is 0 Å². The van der Waals surface area contributed by atoms with Crippen molar-refractivity contribution in [3.63, 3.8) is 0 Å². The molecule has 0 bridgehead atoms. The minimum atomic E-state index is -0.0447. The summed E-state index contributed by atoms with van der Waals surface area (Å²) in [5, 5.41) is 11.3. The number of amides is 1. The molecule has 1 aromatic carbocycles. The zero-order chi connectivity index (χ0) is 11.8. The van der Waals surface area contributed by atoms with Crippen LogP contribution >= 0.6 is 0 Å². The number of nitrogens with one attached hydrogen (secondary N) is 1. The molecule has 0 saturated carbocycles. The fourth-order valence-electron chi connectivity index (χ4n) is 1.21. The number of aliphatic hydroxyl groups excluding tert-OH is 1. The molecule has 0 radical (unpaired) electrons. The number of aliphatic hydroxyl groups is 1. The molecule has 3 nitrogen and oxygen atoms in total. The van der Waals surface area contributed by atoms with Gasteiger partial charge in [-0.3, -0.25) is 4.79 Å². The normalized spacial score (nSPS) is 9.12. The molecule has 1 amide bonds. The average molecular weight is 217 g/mol. The third-order valence-corrected chi connectivity index (χ3v) is 1.94. The molecular formula is C13H15NO2. The molecule has 84 valence electrons. The fraction of sp³-hybridized carbons (Fsp3) is 0.308. The first kappa shape index (κ1) is 12.3. The standard InChI is InChI=1S/C13H15NO2/c1-11(16)14-10-13-7-4-6-12(9-13)5-2-3-8-15/h4,6-7,9,15H,3,8,10H2,1H3,(H,14,16). The van der Waals surface area contributed by atoms with Crippen LogP contribution in [0.15, 0.2) is 24.3 Å². The number of carbonyl (C=O) groups excluding carboxylic acids is 1. The van der Waals surface area contributed by atoms with Crippen LogP contribution < -0.4 is 5.32 Å². The van der Waals surface area contributed by atoms with Gasteiger partial charge in [0.25, 0.3) is 0 Å². The van der Waals surface area contributed by atoms with E-state index in [1.807, 2.05) is 24.3 Å². The molecule has 0 aliphatic carbocycles. The van der Waals surface area contributed by atoms with E-state index in [2.05, 4.69) is 17.2 Å². The second kappa shape index (κ2) is 6.65. The Morgan fingerprint density at radius 1 is 1.50 bits per heavy atom. The maximum Gasteiger partial charge on any atom is 0.217 e. The first-order chi connectivity index (χ1) is 7.72. The Kier molecular flexibility index (Phi) is 5.10. The van der Waals surface area contributed by atoms with Gasteiger partial charge >= 0.3 is 0 Å². The van der Waals surface area contributed by atoms with Crippen molar-refractivity contribution < 1.29 is 9.90 Å². The van der Waals surface area contributed by atoms with Crippen molar-refractivity contribution in [3.8, 4) is 11.8 Å². The number of benzene rings is 1. The lowest BCUT2D eigenvalue weighted by Crippen LogP contribution is -2.18. The van der Waals surface area contributed by atoms with E-state index in [0.29, 0.717) is 13.0 Å². The van der Waals surface area contributed by atoms with Crippen molar-refractivity contribution in [3.05, 3.63) is 35.4 Å². The van der Waals surface area contributed by atoms with Crippen LogP contribution in [-0.2, 0) is 11.3 Å². The van der Waals surface area contributed by atoms with E-state index in [1.54, 1.807) is 0 Å². The highest BCUT2D eigenvalue weighted by molar-refractivity contribution is 5.72. The van der Waals surface area contributed by atoms with Crippen molar-refractivity contribution in [2.75, 3.05) is 6.61 Å². The molecular weight excluding hydrogens is 202 g/mol. The lowest BCUT2D eigenvalue weighted by molar-refractivity contribution is -0.119. The molecule has 0 spiro atoms. The number of rotatable bonds is 3. The van der Waals surface area contributed by atoms with Crippen LogP contribution in [0.4, 0.5) is 0 Å². The van der Waals surface area contributed by atoms with E-state index in [0.717, 1.165) is 11.1 Å².